The van der Waals surface area contributed by atoms with Gasteiger partial charge in [0.05, 0.1) is 16.7 Å². The first-order valence-corrected chi connectivity index (χ1v) is 9.89. The number of aromatic nitrogens is 2. The van der Waals surface area contributed by atoms with E-state index in [9.17, 15) is 14.4 Å². The van der Waals surface area contributed by atoms with Crippen LogP contribution in [-0.4, -0.2) is 51.9 Å². The van der Waals surface area contributed by atoms with Crippen LogP contribution in [0.3, 0.4) is 0 Å². The van der Waals surface area contributed by atoms with E-state index in [2.05, 4.69) is 41.5 Å². The maximum absolute atomic E-state index is 13.4. The minimum atomic E-state index is -0.598. The van der Waals surface area contributed by atoms with Crippen molar-refractivity contribution >= 4 is 45.1 Å². The van der Waals surface area contributed by atoms with Crippen LogP contribution in [0.4, 0.5) is 15.9 Å². The Labute approximate surface area is 186 Å². The standard InChI is InChI=1S/C18H23BrFN7O4/c1-18(2,3)30-14(28)9-13(21)22-6-7-23-16-15(26-31-27-16)17(25-29)24-10-4-5-12(20)11(19)8-10/h4-5,8,29H,6-7,9H2,1-3H3,(H2,21,22)(H,23,27)(H,24,25). The lowest BCUT2D eigenvalue weighted by atomic mass is 10.2. The Kier molecular flexibility index (Phi) is 8.45. The molecule has 1 aromatic heterocycles. The number of carbonyl (C=O) groups is 1. The summed E-state index contributed by atoms with van der Waals surface area (Å²) in [5.41, 5.74) is 7.50. The molecule has 0 fully saturated rings. The molecule has 2 aromatic rings. The maximum atomic E-state index is 13.4. The van der Waals surface area contributed by atoms with Crippen molar-refractivity contribution in [3.63, 3.8) is 0 Å². The number of nitrogens with one attached hydrogen (secondary N) is 2. The normalized spacial score (nSPS) is 12.6. The summed E-state index contributed by atoms with van der Waals surface area (Å²) in [7, 11) is 0. The monoisotopic (exact) mass is 499 g/mol. The zero-order valence-electron chi connectivity index (χ0n) is 17.1. The highest BCUT2D eigenvalue weighted by atomic mass is 79.9. The van der Waals surface area contributed by atoms with Crippen molar-refractivity contribution < 1.29 is 23.8 Å². The lowest BCUT2D eigenvalue weighted by Gasteiger charge is -2.19. The highest BCUT2D eigenvalue weighted by molar-refractivity contribution is 9.10. The van der Waals surface area contributed by atoms with E-state index in [1.54, 1.807) is 20.8 Å². The van der Waals surface area contributed by atoms with E-state index < -0.39 is 17.4 Å². The molecule has 0 aliphatic heterocycles. The second-order valence-corrected chi connectivity index (χ2v) is 8.05. The molecule has 0 aliphatic carbocycles. The number of hydrogen-bond donors (Lipinski definition) is 4. The fraction of sp³-hybridized carbons (Fsp3) is 0.389. The SMILES string of the molecule is CC(C)(C)OC(=O)CC(N)=NCCNc1nonc1C(=Nc1ccc(F)c(Br)c1)NO. The van der Waals surface area contributed by atoms with Crippen LogP contribution >= 0.6 is 15.9 Å². The van der Waals surface area contributed by atoms with Gasteiger partial charge in [-0.2, -0.15) is 0 Å². The van der Waals surface area contributed by atoms with E-state index in [1.165, 1.54) is 18.2 Å². The quantitative estimate of drug-likeness (QED) is 0.140. The summed E-state index contributed by atoms with van der Waals surface area (Å²) in [6.07, 6.45) is -0.119. The van der Waals surface area contributed by atoms with Crippen LogP contribution in [-0.2, 0) is 9.53 Å². The van der Waals surface area contributed by atoms with Crippen LogP contribution in [0, 0.1) is 5.82 Å². The zero-order chi connectivity index (χ0) is 23.0. The first kappa shape index (κ1) is 24.2. The summed E-state index contributed by atoms with van der Waals surface area (Å²) in [5, 5.41) is 19.8. The van der Waals surface area contributed by atoms with Gasteiger partial charge in [-0.1, -0.05) is 0 Å². The van der Waals surface area contributed by atoms with Crippen LogP contribution in [0.5, 0.6) is 0 Å². The number of anilines is 1. The fourth-order valence-electron chi connectivity index (χ4n) is 2.23. The molecule has 0 aliphatic rings. The predicted octanol–water partition coefficient (Wildman–Crippen LogP) is 2.53. The van der Waals surface area contributed by atoms with E-state index in [1.807, 2.05) is 5.48 Å². The van der Waals surface area contributed by atoms with Gasteiger partial charge in [0.2, 0.25) is 5.82 Å². The van der Waals surface area contributed by atoms with Crippen LogP contribution in [0.25, 0.3) is 0 Å². The summed E-state index contributed by atoms with van der Waals surface area (Å²) in [6, 6.07) is 4.06. The van der Waals surface area contributed by atoms with Gasteiger partial charge < -0.3 is 15.8 Å². The molecule has 168 valence electrons. The maximum Gasteiger partial charge on any atom is 0.313 e. The van der Waals surface area contributed by atoms with Gasteiger partial charge in [0.1, 0.15) is 23.7 Å². The molecule has 0 amide bonds. The van der Waals surface area contributed by atoms with Gasteiger partial charge >= 0.3 is 5.97 Å². The Hall–Kier alpha value is -3.06. The van der Waals surface area contributed by atoms with Gasteiger partial charge in [0.25, 0.3) is 0 Å². The van der Waals surface area contributed by atoms with E-state index in [0.29, 0.717) is 5.69 Å². The number of nitrogens with two attached hydrogens (primary N) is 1. The van der Waals surface area contributed by atoms with Gasteiger partial charge in [0, 0.05) is 6.54 Å². The summed E-state index contributed by atoms with van der Waals surface area (Å²) in [4.78, 5) is 20.0. The molecule has 1 aromatic carbocycles. The molecule has 0 bridgehead atoms. The Morgan fingerprint density at radius 3 is 2.77 bits per heavy atom. The number of esters is 1. The van der Waals surface area contributed by atoms with Crippen molar-refractivity contribution in [1.82, 2.24) is 15.8 Å². The number of carbonyl (C=O) groups excluding carboxylic acids is 1. The molecular formula is C18H23BrFN7O4. The van der Waals surface area contributed by atoms with Crippen molar-refractivity contribution in [3.05, 3.63) is 34.2 Å². The minimum Gasteiger partial charge on any atom is -0.460 e. The first-order chi connectivity index (χ1) is 14.6. The average molecular weight is 500 g/mol. The van der Waals surface area contributed by atoms with E-state index in [-0.39, 0.29) is 47.2 Å². The minimum absolute atomic E-state index is 0.0739. The van der Waals surface area contributed by atoms with Crippen molar-refractivity contribution in [2.75, 3.05) is 18.4 Å². The third kappa shape index (κ3) is 7.94. The van der Waals surface area contributed by atoms with Gasteiger partial charge in [-0.3, -0.25) is 20.5 Å². The molecule has 0 saturated carbocycles. The van der Waals surface area contributed by atoms with Crippen molar-refractivity contribution in [2.24, 2.45) is 15.7 Å². The number of hydrogen-bond acceptors (Lipinski definition) is 9. The number of benzene rings is 1. The van der Waals surface area contributed by atoms with Gasteiger partial charge in [-0.05, 0) is 65.2 Å². The third-order valence-electron chi connectivity index (χ3n) is 3.43. The molecule has 5 N–H and O–H groups in total. The Bertz CT molecular complexity index is 972. The number of halogens is 2. The van der Waals surface area contributed by atoms with E-state index in [0.717, 1.165) is 0 Å². The Morgan fingerprint density at radius 2 is 2.13 bits per heavy atom. The summed E-state index contributed by atoms with van der Waals surface area (Å²) < 4.78 is 23.5. The zero-order valence-corrected chi connectivity index (χ0v) is 18.7. The van der Waals surface area contributed by atoms with Crippen LogP contribution in [0.15, 0.2) is 37.3 Å². The van der Waals surface area contributed by atoms with Gasteiger partial charge in [-0.15, -0.1) is 0 Å². The van der Waals surface area contributed by atoms with Gasteiger partial charge in [0.15, 0.2) is 11.5 Å². The molecule has 0 spiro atoms. The molecular weight excluding hydrogens is 477 g/mol. The second-order valence-electron chi connectivity index (χ2n) is 7.20. The number of amidine groups is 2. The lowest BCUT2D eigenvalue weighted by Crippen LogP contribution is -2.27. The highest BCUT2D eigenvalue weighted by Gasteiger charge is 2.18. The first-order valence-electron chi connectivity index (χ1n) is 9.10. The van der Waals surface area contributed by atoms with Crippen LogP contribution < -0.4 is 16.5 Å². The van der Waals surface area contributed by atoms with Crippen LogP contribution in [0.2, 0.25) is 0 Å². The molecule has 11 nitrogen and oxygen atoms in total. The number of rotatable bonds is 8. The summed E-state index contributed by atoms with van der Waals surface area (Å²) in [5.74, 6) is -0.672. The number of nitrogens with zero attached hydrogens (tertiary/aromatic N) is 4. The topological polar surface area (TPSA) is 160 Å². The van der Waals surface area contributed by atoms with Crippen molar-refractivity contribution in [1.29, 1.82) is 0 Å². The second kappa shape index (κ2) is 10.8. The smallest absolute Gasteiger partial charge is 0.313 e. The molecule has 1 heterocycles. The Morgan fingerprint density at radius 1 is 1.39 bits per heavy atom. The molecule has 0 saturated heterocycles. The number of aliphatic imine (C=N–C) groups is 2. The van der Waals surface area contributed by atoms with E-state index in [4.69, 9.17) is 15.1 Å². The average Bonchev–Trinajstić information content (AvgIpc) is 3.12. The third-order valence-corrected chi connectivity index (χ3v) is 4.04. The molecule has 0 atom stereocenters. The van der Waals surface area contributed by atoms with Crippen LogP contribution in [0.1, 0.15) is 32.9 Å². The highest BCUT2D eigenvalue weighted by Crippen LogP contribution is 2.23. The lowest BCUT2D eigenvalue weighted by molar-refractivity contribution is -0.153. The van der Waals surface area contributed by atoms with Gasteiger partial charge in [-0.25, -0.2) is 14.0 Å². The van der Waals surface area contributed by atoms with E-state index >= 15 is 0 Å². The predicted molar refractivity (Wildman–Crippen MR) is 115 cm³/mol. The summed E-state index contributed by atoms with van der Waals surface area (Å²) >= 11 is 3.07. The Balaban J connectivity index is 1.97. The molecule has 13 heteroatoms. The molecule has 0 unspecified atom stereocenters. The van der Waals surface area contributed by atoms with Crippen molar-refractivity contribution in [2.45, 2.75) is 32.8 Å². The molecule has 0 radical (unpaired) electrons. The number of hydroxylamine groups is 1. The number of ether oxygens (including phenoxy) is 1. The summed E-state index contributed by atoms with van der Waals surface area (Å²) in [6.45, 7) is 5.79. The fourth-order valence-corrected chi connectivity index (χ4v) is 2.60. The molecule has 2 rings (SSSR count). The largest absolute Gasteiger partial charge is 0.460 e. The van der Waals surface area contributed by atoms with Crippen molar-refractivity contribution in [3.8, 4) is 0 Å². The molecule has 31 heavy (non-hydrogen) atoms.